The molecule has 130 valence electrons. The zero-order valence-corrected chi connectivity index (χ0v) is 14.5. The normalized spacial score (nSPS) is 19.4. The lowest BCUT2D eigenvalue weighted by Crippen LogP contribution is -2.41. The Balaban J connectivity index is 2.39. The second kappa shape index (κ2) is 7.03. The van der Waals surface area contributed by atoms with Crippen molar-refractivity contribution in [2.75, 3.05) is 25.2 Å². The minimum absolute atomic E-state index is 0.0187. The highest BCUT2D eigenvalue weighted by Crippen LogP contribution is 2.44. The topological polar surface area (TPSA) is 72.9 Å². The molecule has 0 aromatic heterocycles. The lowest BCUT2D eigenvalue weighted by Gasteiger charge is -2.26. The predicted molar refractivity (Wildman–Crippen MR) is 88.6 cm³/mol. The van der Waals surface area contributed by atoms with Crippen molar-refractivity contribution in [3.05, 3.63) is 29.8 Å². The molecule has 0 aliphatic carbocycles. The average Bonchev–Trinajstić information content (AvgIpc) is 2.76. The van der Waals surface area contributed by atoms with Crippen LogP contribution in [0.1, 0.15) is 32.8 Å². The summed E-state index contributed by atoms with van der Waals surface area (Å²) >= 11 is 0. The van der Waals surface area contributed by atoms with E-state index in [4.69, 9.17) is 9.47 Å². The summed E-state index contributed by atoms with van der Waals surface area (Å²) in [6, 6.07) is 7.39. The molecule has 0 spiro atoms. The maximum atomic E-state index is 12.8. The van der Waals surface area contributed by atoms with Gasteiger partial charge >= 0.3 is 11.9 Å². The Morgan fingerprint density at radius 3 is 2.21 bits per heavy atom. The molecular weight excluding hydrogens is 310 g/mol. The Kier molecular flexibility index (Phi) is 5.26. The van der Waals surface area contributed by atoms with Crippen LogP contribution in [0.4, 0.5) is 5.69 Å². The first-order chi connectivity index (χ1) is 11.4. The molecule has 0 saturated heterocycles. The fraction of sp³-hybridized carbons (Fsp3) is 0.500. The Morgan fingerprint density at radius 2 is 1.67 bits per heavy atom. The van der Waals surface area contributed by atoms with Gasteiger partial charge in [-0.2, -0.15) is 0 Å². The number of anilines is 1. The van der Waals surface area contributed by atoms with Crippen molar-refractivity contribution in [2.45, 2.75) is 32.6 Å². The highest BCUT2D eigenvalue weighted by molar-refractivity contribution is 6.08. The van der Waals surface area contributed by atoms with Crippen molar-refractivity contribution in [2.24, 2.45) is 5.92 Å². The van der Waals surface area contributed by atoms with Gasteiger partial charge in [-0.3, -0.25) is 14.4 Å². The molecule has 0 fully saturated rings. The maximum absolute atomic E-state index is 12.8. The molecule has 1 aliphatic rings. The molecule has 1 aromatic carbocycles. The molecule has 1 heterocycles. The third-order valence-corrected chi connectivity index (χ3v) is 4.39. The Hall–Kier alpha value is -2.37. The number of rotatable bonds is 6. The van der Waals surface area contributed by atoms with Crippen molar-refractivity contribution in [3.8, 4) is 0 Å². The van der Waals surface area contributed by atoms with Crippen LogP contribution in [0, 0.1) is 5.92 Å². The van der Waals surface area contributed by atoms with Gasteiger partial charge in [0.1, 0.15) is 0 Å². The van der Waals surface area contributed by atoms with Gasteiger partial charge in [0.25, 0.3) is 0 Å². The number of amides is 1. The van der Waals surface area contributed by atoms with Crippen LogP contribution < -0.4 is 4.90 Å². The highest BCUT2D eigenvalue weighted by Gasteiger charge is 2.50. The number of para-hydroxylation sites is 1. The molecule has 0 N–H and O–H groups in total. The van der Waals surface area contributed by atoms with E-state index in [1.165, 1.54) is 0 Å². The molecule has 1 atom stereocenters. The van der Waals surface area contributed by atoms with Crippen LogP contribution in [0.3, 0.4) is 0 Å². The summed E-state index contributed by atoms with van der Waals surface area (Å²) in [5.41, 5.74) is 0.614. The van der Waals surface area contributed by atoms with Gasteiger partial charge < -0.3 is 14.4 Å². The monoisotopic (exact) mass is 333 g/mol. The summed E-state index contributed by atoms with van der Waals surface area (Å²) in [5.74, 6) is -2.59. The quantitative estimate of drug-likeness (QED) is 0.588. The van der Waals surface area contributed by atoms with Gasteiger partial charge in [-0.1, -0.05) is 18.2 Å². The number of likely N-dealkylation sites (N-methyl/N-ethyl adjacent to an activating group) is 1. The third-order valence-electron chi connectivity index (χ3n) is 4.39. The largest absolute Gasteiger partial charge is 0.465 e. The molecular formula is C18H23NO5. The molecule has 6 nitrogen and oxygen atoms in total. The maximum Gasteiger partial charge on any atom is 0.320 e. The van der Waals surface area contributed by atoms with E-state index < -0.39 is 23.3 Å². The second-order valence-corrected chi connectivity index (χ2v) is 5.97. The van der Waals surface area contributed by atoms with E-state index in [0.717, 1.165) is 11.3 Å². The van der Waals surface area contributed by atoms with Crippen LogP contribution in [-0.2, 0) is 29.3 Å². The molecule has 2 rings (SSSR count). The number of esters is 2. The molecule has 1 aliphatic heterocycles. The van der Waals surface area contributed by atoms with E-state index in [-0.39, 0.29) is 25.5 Å². The SMILES string of the molecule is CCOC(=O)C(CC1(C)C(=O)N(C)c2ccccc21)C(=O)OCC. The van der Waals surface area contributed by atoms with Crippen LogP contribution in [0.5, 0.6) is 0 Å². The van der Waals surface area contributed by atoms with Crippen LogP contribution >= 0.6 is 0 Å². The predicted octanol–water partition coefficient (Wildman–Crippen LogP) is 2.05. The van der Waals surface area contributed by atoms with Crippen molar-refractivity contribution < 1.29 is 23.9 Å². The lowest BCUT2D eigenvalue weighted by atomic mass is 9.76. The molecule has 1 unspecified atom stereocenters. The molecule has 0 bridgehead atoms. The molecule has 0 radical (unpaired) electrons. The fourth-order valence-electron chi connectivity index (χ4n) is 3.18. The number of nitrogens with zero attached hydrogens (tertiary/aromatic N) is 1. The van der Waals surface area contributed by atoms with Gasteiger partial charge in [-0.15, -0.1) is 0 Å². The highest BCUT2D eigenvalue weighted by atomic mass is 16.6. The fourth-order valence-corrected chi connectivity index (χ4v) is 3.18. The number of fused-ring (bicyclic) bond motifs is 1. The van der Waals surface area contributed by atoms with Gasteiger partial charge in [-0.25, -0.2) is 0 Å². The summed E-state index contributed by atoms with van der Waals surface area (Å²) in [6.45, 7) is 5.42. The number of hydrogen-bond donors (Lipinski definition) is 0. The van der Waals surface area contributed by atoms with Crippen LogP contribution in [-0.4, -0.2) is 38.1 Å². The Labute approximate surface area is 141 Å². The molecule has 6 heteroatoms. The summed E-state index contributed by atoms with van der Waals surface area (Å²) in [7, 11) is 1.69. The Bertz CT molecular complexity index is 639. The average molecular weight is 333 g/mol. The molecule has 24 heavy (non-hydrogen) atoms. The zero-order chi connectivity index (χ0) is 17.9. The summed E-state index contributed by atoms with van der Waals surface area (Å²) in [4.78, 5) is 38.8. The summed E-state index contributed by atoms with van der Waals surface area (Å²) in [5, 5.41) is 0. The smallest absolute Gasteiger partial charge is 0.320 e. The van der Waals surface area contributed by atoms with Crippen molar-refractivity contribution >= 4 is 23.5 Å². The molecule has 1 amide bonds. The van der Waals surface area contributed by atoms with Crippen LogP contribution in [0.25, 0.3) is 0 Å². The first-order valence-electron chi connectivity index (χ1n) is 8.07. The van der Waals surface area contributed by atoms with E-state index in [0.29, 0.717) is 0 Å². The standard InChI is InChI=1S/C18H23NO5/c1-5-23-15(20)12(16(21)24-6-2)11-18(3)13-9-7-8-10-14(13)19(4)17(18)22/h7-10,12H,5-6,11H2,1-4H3. The van der Waals surface area contributed by atoms with E-state index in [2.05, 4.69) is 0 Å². The van der Waals surface area contributed by atoms with E-state index in [1.807, 2.05) is 24.3 Å². The lowest BCUT2D eigenvalue weighted by molar-refractivity contribution is -0.162. The number of ether oxygens (including phenoxy) is 2. The summed E-state index contributed by atoms with van der Waals surface area (Å²) < 4.78 is 10.0. The van der Waals surface area contributed by atoms with E-state index >= 15 is 0 Å². The third kappa shape index (κ3) is 3.00. The van der Waals surface area contributed by atoms with Gasteiger partial charge in [-0.05, 0) is 38.8 Å². The van der Waals surface area contributed by atoms with Gasteiger partial charge in [0, 0.05) is 12.7 Å². The van der Waals surface area contributed by atoms with Gasteiger partial charge in [0.05, 0.1) is 18.6 Å². The summed E-state index contributed by atoms with van der Waals surface area (Å²) in [6.07, 6.45) is 0.0187. The minimum atomic E-state index is -1.13. The van der Waals surface area contributed by atoms with Crippen molar-refractivity contribution in [1.29, 1.82) is 0 Å². The first kappa shape index (κ1) is 18.0. The van der Waals surface area contributed by atoms with Crippen LogP contribution in [0.15, 0.2) is 24.3 Å². The number of hydrogen-bond acceptors (Lipinski definition) is 5. The minimum Gasteiger partial charge on any atom is -0.465 e. The van der Waals surface area contributed by atoms with Crippen LogP contribution in [0.2, 0.25) is 0 Å². The van der Waals surface area contributed by atoms with Crippen molar-refractivity contribution in [3.63, 3.8) is 0 Å². The first-order valence-corrected chi connectivity index (χ1v) is 8.07. The Morgan fingerprint density at radius 1 is 1.12 bits per heavy atom. The number of carbonyl (C=O) groups is 3. The number of benzene rings is 1. The van der Waals surface area contributed by atoms with Crippen molar-refractivity contribution in [1.82, 2.24) is 0 Å². The second-order valence-electron chi connectivity index (χ2n) is 5.97. The van der Waals surface area contributed by atoms with Gasteiger partial charge in [0.15, 0.2) is 5.92 Å². The molecule has 0 saturated carbocycles. The van der Waals surface area contributed by atoms with E-state index in [1.54, 1.807) is 32.7 Å². The molecule has 1 aromatic rings. The van der Waals surface area contributed by atoms with Gasteiger partial charge in [0.2, 0.25) is 5.91 Å². The van der Waals surface area contributed by atoms with E-state index in [9.17, 15) is 14.4 Å². The zero-order valence-electron chi connectivity index (χ0n) is 14.5. The number of carbonyl (C=O) groups excluding carboxylic acids is 3.